The molecule has 0 atom stereocenters. The number of carbonyl (C=O) groups excluding carboxylic acids is 1. The Balaban J connectivity index is 2.39. The van der Waals surface area contributed by atoms with E-state index in [0.717, 1.165) is 35.7 Å². The normalized spacial score (nSPS) is 10.6. The van der Waals surface area contributed by atoms with Gasteiger partial charge in [-0.3, -0.25) is 9.78 Å². The Labute approximate surface area is 121 Å². The highest BCUT2D eigenvalue weighted by Gasteiger charge is 2.17. The summed E-state index contributed by atoms with van der Waals surface area (Å²) in [5, 5.41) is 1.79. The van der Waals surface area contributed by atoms with Gasteiger partial charge in [0.2, 0.25) is 0 Å². The highest BCUT2D eigenvalue weighted by Crippen LogP contribution is 2.18. The molecule has 2 aromatic rings. The minimum atomic E-state index is 0.0607. The van der Waals surface area contributed by atoms with Gasteiger partial charge in [0, 0.05) is 30.0 Å². The van der Waals surface area contributed by atoms with Crippen LogP contribution in [0.25, 0.3) is 10.9 Å². The Morgan fingerprint density at radius 3 is 2.79 bits per heavy atom. The summed E-state index contributed by atoms with van der Waals surface area (Å²) >= 11 is 3.40. The van der Waals surface area contributed by atoms with Crippen LogP contribution in [0.5, 0.6) is 0 Å². The standard InChI is InChI=1S/C15H17BrN2O/c1-2-10-18(11-8-16)15(19)13-7-3-5-12-6-4-9-17-14(12)13/h3-7,9H,2,8,10-11H2,1H3. The fraction of sp³-hybridized carbons (Fsp3) is 0.333. The van der Waals surface area contributed by atoms with Crippen molar-refractivity contribution in [1.82, 2.24) is 9.88 Å². The molecule has 0 fully saturated rings. The molecule has 2 rings (SSSR count). The lowest BCUT2D eigenvalue weighted by atomic mass is 10.1. The molecule has 0 aliphatic carbocycles. The number of benzene rings is 1. The van der Waals surface area contributed by atoms with Crippen LogP contribution >= 0.6 is 15.9 Å². The van der Waals surface area contributed by atoms with E-state index < -0.39 is 0 Å². The number of nitrogens with zero attached hydrogens (tertiary/aromatic N) is 2. The van der Waals surface area contributed by atoms with Gasteiger partial charge < -0.3 is 4.90 Å². The Bertz CT molecular complexity index is 560. The van der Waals surface area contributed by atoms with Crippen LogP contribution in [0, 0.1) is 0 Å². The van der Waals surface area contributed by atoms with Gasteiger partial charge in [-0.2, -0.15) is 0 Å². The quantitative estimate of drug-likeness (QED) is 0.790. The van der Waals surface area contributed by atoms with E-state index in [9.17, 15) is 4.79 Å². The molecule has 0 saturated heterocycles. The molecule has 0 aliphatic rings. The number of pyridine rings is 1. The number of para-hydroxylation sites is 1. The molecule has 0 spiro atoms. The second-order valence-electron chi connectivity index (χ2n) is 4.36. The summed E-state index contributed by atoms with van der Waals surface area (Å²) in [6, 6.07) is 9.62. The first-order valence-corrected chi connectivity index (χ1v) is 7.59. The van der Waals surface area contributed by atoms with E-state index in [0.29, 0.717) is 5.56 Å². The number of aromatic nitrogens is 1. The molecular formula is C15H17BrN2O. The number of halogens is 1. The van der Waals surface area contributed by atoms with E-state index >= 15 is 0 Å². The van der Waals surface area contributed by atoms with E-state index in [2.05, 4.69) is 27.8 Å². The number of amides is 1. The van der Waals surface area contributed by atoms with Gasteiger partial charge in [0.1, 0.15) is 0 Å². The van der Waals surface area contributed by atoms with Crippen molar-refractivity contribution in [3.05, 3.63) is 42.1 Å². The lowest BCUT2D eigenvalue weighted by Crippen LogP contribution is -2.33. The SMILES string of the molecule is CCCN(CCBr)C(=O)c1cccc2cccnc12. The van der Waals surface area contributed by atoms with Crippen LogP contribution in [0.3, 0.4) is 0 Å². The van der Waals surface area contributed by atoms with E-state index in [1.165, 1.54) is 0 Å². The van der Waals surface area contributed by atoms with Gasteiger partial charge in [-0.1, -0.05) is 41.1 Å². The summed E-state index contributed by atoms with van der Waals surface area (Å²) in [5.74, 6) is 0.0607. The van der Waals surface area contributed by atoms with E-state index in [4.69, 9.17) is 0 Å². The summed E-state index contributed by atoms with van der Waals surface area (Å²) in [4.78, 5) is 18.8. The lowest BCUT2D eigenvalue weighted by Gasteiger charge is -2.21. The molecule has 3 nitrogen and oxygen atoms in total. The van der Waals surface area contributed by atoms with E-state index in [1.54, 1.807) is 6.20 Å². The van der Waals surface area contributed by atoms with Crippen LogP contribution in [0.15, 0.2) is 36.5 Å². The van der Waals surface area contributed by atoms with Crippen molar-refractivity contribution in [3.8, 4) is 0 Å². The topological polar surface area (TPSA) is 33.2 Å². The maximum atomic E-state index is 12.6. The first-order valence-electron chi connectivity index (χ1n) is 6.47. The maximum absolute atomic E-state index is 12.6. The third-order valence-corrected chi connectivity index (χ3v) is 3.35. The molecule has 19 heavy (non-hydrogen) atoms. The molecule has 0 bridgehead atoms. The van der Waals surface area contributed by atoms with E-state index in [1.807, 2.05) is 35.2 Å². The van der Waals surface area contributed by atoms with Gasteiger partial charge in [-0.15, -0.1) is 0 Å². The maximum Gasteiger partial charge on any atom is 0.256 e. The number of alkyl halides is 1. The summed E-state index contributed by atoms with van der Waals surface area (Å²) in [7, 11) is 0. The van der Waals surface area contributed by atoms with Crippen LogP contribution in [0.2, 0.25) is 0 Å². The Morgan fingerprint density at radius 1 is 1.26 bits per heavy atom. The van der Waals surface area contributed by atoms with Crippen molar-refractivity contribution >= 4 is 32.7 Å². The van der Waals surface area contributed by atoms with Crippen molar-refractivity contribution in [3.63, 3.8) is 0 Å². The number of rotatable bonds is 5. The highest BCUT2D eigenvalue weighted by molar-refractivity contribution is 9.09. The van der Waals surface area contributed by atoms with Crippen LogP contribution < -0.4 is 0 Å². The Morgan fingerprint density at radius 2 is 2.05 bits per heavy atom. The van der Waals surface area contributed by atoms with Gasteiger partial charge in [0.25, 0.3) is 5.91 Å². The van der Waals surface area contributed by atoms with Gasteiger partial charge in [0.05, 0.1) is 11.1 Å². The van der Waals surface area contributed by atoms with Crippen molar-refractivity contribution in [2.45, 2.75) is 13.3 Å². The molecule has 0 N–H and O–H groups in total. The Kier molecular flexibility index (Phi) is 4.91. The van der Waals surface area contributed by atoms with Gasteiger partial charge in [0.15, 0.2) is 0 Å². The van der Waals surface area contributed by atoms with Crippen LogP contribution in [-0.2, 0) is 0 Å². The van der Waals surface area contributed by atoms with Gasteiger partial charge in [-0.05, 0) is 18.6 Å². The zero-order valence-corrected chi connectivity index (χ0v) is 12.6. The van der Waals surface area contributed by atoms with Crippen LogP contribution in [0.4, 0.5) is 0 Å². The molecule has 0 saturated carbocycles. The van der Waals surface area contributed by atoms with Crippen molar-refractivity contribution in [2.24, 2.45) is 0 Å². The summed E-state index contributed by atoms with van der Waals surface area (Å²) in [6.07, 6.45) is 2.69. The molecule has 1 aromatic carbocycles. The second-order valence-corrected chi connectivity index (χ2v) is 5.15. The molecular weight excluding hydrogens is 304 g/mol. The van der Waals surface area contributed by atoms with Gasteiger partial charge >= 0.3 is 0 Å². The molecule has 4 heteroatoms. The second kappa shape index (κ2) is 6.66. The molecule has 1 amide bonds. The summed E-state index contributed by atoms with van der Waals surface area (Å²) in [6.45, 7) is 3.57. The lowest BCUT2D eigenvalue weighted by molar-refractivity contribution is 0.0768. The minimum absolute atomic E-state index is 0.0607. The number of carbonyl (C=O) groups is 1. The molecule has 0 unspecified atom stereocenters. The molecule has 0 radical (unpaired) electrons. The average molecular weight is 321 g/mol. The highest BCUT2D eigenvalue weighted by atomic mass is 79.9. The summed E-state index contributed by atoms with van der Waals surface area (Å²) in [5.41, 5.74) is 1.47. The molecule has 1 aromatic heterocycles. The zero-order valence-electron chi connectivity index (χ0n) is 11.0. The van der Waals surface area contributed by atoms with Crippen LogP contribution in [-0.4, -0.2) is 34.2 Å². The minimum Gasteiger partial charge on any atom is -0.338 e. The molecule has 1 heterocycles. The summed E-state index contributed by atoms with van der Waals surface area (Å²) < 4.78 is 0. The van der Waals surface area contributed by atoms with E-state index in [-0.39, 0.29) is 5.91 Å². The zero-order chi connectivity index (χ0) is 13.7. The van der Waals surface area contributed by atoms with Crippen molar-refractivity contribution in [1.29, 1.82) is 0 Å². The third kappa shape index (κ3) is 3.13. The van der Waals surface area contributed by atoms with Gasteiger partial charge in [-0.25, -0.2) is 0 Å². The van der Waals surface area contributed by atoms with Crippen LogP contribution in [0.1, 0.15) is 23.7 Å². The number of hydrogen-bond donors (Lipinski definition) is 0. The monoisotopic (exact) mass is 320 g/mol. The number of hydrogen-bond acceptors (Lipinski definition) is 2. The largest absolute Gasteiger partial charge is 0.338 e. The fourth-order valence-electron chi connectivity index (χ4n) is 2.13. The van der Waals surface area contributed by atoms with Crippen molar-refractivity contribution in [2.75, 3.05) is 18.4 Å². The first-order chi connectivity index (χ1) is 9.27. The average Bonchev–Trinajstić information content (AvgIpc) is 2.46. The smallest absolute Gasteiger partial charge is 0.256 e. The predicted octanol–water partition coefficient (Wildman–Crippen LogP) is 3.48. The predicted molar refractivity (Wildman–Crippen MR) is 81.7 cm³/mol. The van der Waals surface area contributed by atoms with Crippen molar-refractivity contribution < 1.29 is 4.79 Å². The third-order valence-electron chi connectivity index (χ3n) is 3.00. The first kappa shape index (κ1) is 14.0. The molecule has 0 aliphatic heterocycles. The molecule has 100 valence electrons. The number of fused-ring (bicyclic) bond motifs is 1. The Hall–Kier alpha value is -1.42. The fourth-order valence-corrected chi connectivity index (χ4v) is 2.56.